The Bertz CT molecular complexity index is 726. The first-order chi connectivity index (χ1) is 13.9. The number of hydrogen-bond donors (Lipinski definition) is 1. The number of amides is 4. The van der Waals surface area contributed by atoms with Gasteiger partial charge in [0.1, 0.15) is 12.1 Å². The Kier molecular flexibility index (Phi) is 6.16. The lowest BCUT2D eigenvalue weighted by atomic mass is 9.64. The van der Waals surface area contributed by atoms with Crippen LogP contribution in [-0.2, 0) is 19.1 Å². The minimum Gasteiger partial charge on any atom is -0.454 e. The number of ether oxygens (including phenoxy) is 1. The maximum atomic E-state index is 13.1. The third-order valence-electron chi connectivity index (χ3n) is 6.49. The fourth-order valence-corrected chi connectivity index (χ4v) is 5.92. The van der Waals surface area contributed by atoms with Gasteiger partial charge in [-0.25, -0.2) is 4.79 Å². The molecule has 1 aliphatic carbocycles. The number of carbonyl (C=O) groups excluding carboxylic acids is 4. The van der Waals surface area contributed by atoms with Gasteiger partial charge in [0.2, 0.25) is 0 Å². The van der Waals surface area contributed by atoms with Crippen molar-refractivity contribution in [2.75, 3.05) is 26.2 Å². The fraction of sp³-hybridized carbons (Fsp3) is 0.818. The molecule has 0 aromatic rings. The van der Waals surface area contributed by atoms with Gasteiger partial charge in [-0.05, 0) is 48.9 Å². The van der Waals surface area contributed by atoms with Gasteiger partial charge in [-0.3, -0.25) is 19.3 Å². The van der Waals surface area contributed by atoms with E-state index in [-0.39, 0.29) is 29.8 Å². The van der Waals surface area contributed by atoms with E-state index in [2.05, 4.69) is 39.9 Å². The molecule has 0 bridgehead atoms. The van der Waals surface area contributed by atoms with Crippen molar-refractivity contribution in [2.45, 2.75) is 65.8 Å². The van der Waals surface area contributed by atoms with Crippen LogP contribution in [0.15, 0.2) is 0 Å². The van der Waals surface area contributed by atoms with Gasteiger partial charge in [-0.2, -0.15) is 0 Å². The van der Waals surface area contributed by atoms with Crippen LogP contribution < -0.4 is 5.32 Å². The highest BCUT2D eigenvalue weighted by Gasteiger charge is 2.56. The van der Waals surface area contributed by atoms with Gasteiger partial charge in [0.05, 0.1) is 0 Å². The van der Waals surface area contributed by atoms with Crippen molar-refractivity contribution >= 4 is 23.8 Å². The van der Waals surface area contributed by atoms with Crippen molar-refractivity contribution in [1.82, 2.24) is 15.1 Å². The van der Waals surface area contributed by atoms with E-state index >= 15 is 0 Å². The molecular weight excluding hydrogens is 386 g/mol. The SMILES string of the molecule is CC1CC(C)CN(C(=O)COC(=O)CN2C(=O)NC3(CC(C)CC(C)(C)C3)C2=O)C1. The Morgan fingerprint density at radius 3 is 2.30 bits per heavy atom. The normalized spacial score (nSPS) is 33.6. The highest BCUT2D eigenvalue weighted by molar-refractivity contribution is 6.08. The number of likely N-dealkylation sites (tertiary alicyclic amines) is 1. The van der Waals surface area contributed by atoms with Crippen molar-refractivity contribution in [3.8, 4) is 0 Å². The lowest BCUT2D eigenvalue weighted by Gasteiger charge is -2.43. The summed E-state index contributed by atoms with van der Waals surface area (Å²) >= 11 is 0. The molecule has 3 aliphatic rings. The summed E-state index contributed by atoms with van der Waals surface area (Å²) < 4.78 is 5.12. The Labute approximate surface area is 178 Å². The summed E-state index contributed by atoms with van der Waals surface area (Å²) in [5, 5.41) is 2.84. The lowest BCUT2D eigenvalue weighted by Crippen LogP contribution is -2.54. The maximum absolute atomic E-state index is 13.1. The highest BCUT2D eigenvalue weighted by Crippen LogP contribution is 2.46. The van der Waals surface area contributed by atoms with Gasteiger partial charge in [-0.1, -0.05) is 34.6 Å². The number of urea groups is 1. The van der Waals surface area contributed by atoms with Crippen LogP contribution in [0.1, 0.15) is 60.3 Å². The summed E-state index contributed by atoms with van der Waals surface area (Å²) in [4.78, 5) is 52.9. The van der Waals surface area contributed by atoms with Crippen molar-refractivity contribution in [3.63, 3.8) is 0 Å². The third-order valence-corrected chi connectivity index (χ3v) is 6.49. The Morgan fingerprint density at radius 1 is 1.07 bits per heavy atom. The zero-order valence-corrected chi connectivity index (χ0v) is 18.8. The van der Waals surface area contributed by atoms with Crippen LogP contribution in [0.25, 0.3) is 0 Å². The van der Waals surface area contributed by atoms with Crippen molar-refractivity contribution in [2.24, 2.45) is 23.2 Å². The summed E-state index contributed by atoms with van der Waals surface area (Å²) in [5.74, 6) is -0.232. The minimum atomic E-state index is -0.950. The topological polar surface area (TPSA) is 96.0 Å². The zero-order chi connectivity index (χ0) is 22.3. The monoisotopic (exact) mass is 421 g/mol. The average molecular weight is 422 g/mol. The molecule has 8 heteroatoms. The first-order valence-electron chi connectivity index (χ1n) is 11.0. The first kappa shape index (κ1) is 22.6. The van der Waals surface area contributed by atoms with E-state index in [0.717, 1.165) is 17.7 Å². The summed E-state index contributed by atoms with van der Waals surface area (Å²) in [6.45, 7) is 10.9. The van der Waals surface area contributed by atoms with Gasteiger partial charge < -0.3 is 15.0 Å². The van der Waals surface area contributed by atoms with Gasteiger partial charge in [-0.15, -0.1) is 0 Å². The molecule has 3 fully saturated rings. The number of rotatable bonds is 4. The van der Waals surface area contributed by atoms with Crippen LogP contribution >= 0.6 is 0 Å². The van der Waals surface area contributed by atoms with E-state index in [1.807, 2.05) is 0 Å². The molecule has 1 N–H and O–H groups in total. The van der Waals surface area contributed by atoms with Crippen LogP contribution in [0.4, 0.5) is 4.79 Å². The second kappa shape index (κ2) is 8.19. The predicted octanol–water partition coefficient (Wildman–Crippen LogP) is 2.17. The van der Waals surface area contributed by atoms with Gasteiger partial charge in [0.25, 0.3) is 11.8 Å². The van der Waals surface area contributed by atoms with E-state index in [1.165, 1.54) is 0 Å². The molecule has 8 nitrogen and oxygen atoms in total. The molecular formula is C22H35N3O5. The summed E-state index contributed by atoms with van der Waals surface area (Å²) in [5.41, 5.74) is -1.03. The molecule has 4 amide bonds. The quantitative estimate of drug-likeness (QED) is 0.554. The molecule has 2 aliphatic heterocycles. The summed E-state index contributed by atoms with van der Waals surface area (Å²) in [6.07, 6.45) is 3.17. The second-order valence-electron chi connectivity index (χ2n) is 10.7. The lowest BCUT2D eigenvalue weighted by molar-refractivity contribution is -0.155. The van der Waals surface area contributed by atoms with Crippen LogP contribution in [0.5, 0.6) is 0 Å². The molecule has 30 heavy (non-hydrogen) atoms. The van der Waals surface area contributed by atoms with E-state index in [9.17, 15) is 19.2 Å². The van der Waals surface area contributed by atoms with Gasteiger partial charge in [0.15, 0.2) is 6.61 Å². The average Bonchev–Trinajstić information content (AvgIpc) is 2.80. The van der Waals surface area contributed by atoms with Crippen molar-refractivity contribution < 1.29 is 23.9 Å². The van der Waals surface area contributed by atoms with E-state index < -0.39 is 24.1 Å². The first-order valence-corrected chi connectivity index (χ1v) is 11.0. The summed E-state index contributed by atoms with van der Waals surface area (Å²) in [7, 11) is 0. The number of piperidine rings is 1. The molecule has 1 spiro atoms. The predicted molar refractivity (Wildman–Crippen MR) is 110 cm³/mol. The van der Waals surface area contributed by atoms with E-state index in [4.69, 9.17) is 4.74 Å². The zero-order valence-electron chi connectivity index (χ0n) is 18.8. The molecule has 4 atom stereocenters. The van der Waals surface area contributed by atoms with Crippen LogP contribution in [0.3, 0.4) is 0 Å². The van der Waals surface area contributed by atoms with Crippen LogP contribution in [-0.4, -0.2) is 65.4 Å². The number of hydrogen-bond acceptors (Lipinski definition) is 5. The Balaban J connectivity index is 1.56. The number of esters is 1. The molecule has 2 saturated heterocycles. The molecule has 0 radical (unpaired) electrons. The minimum absolute atomic E-state index is 0.0771. The molecule has 3 rings (SSSR count). The number of nitrogens with one attached hydrogen (secondary N) is 1. The largest absolute Gasteiger partial charge is 0.454 e. The Morgan fingerprint density at radius 2 is 1.70 bits per heavy atom. The standard InChI is InChI=1S/C22H35N3O5/c1-14-6-15(2)10-24(9-14)17(26)12-30-18(27)11-25-19(28)22(23-20(25)29)8-16(3)7-21(4,5)13-22/h14-16H,6-13H2,1-5H3,(H,23,29). The number of carbonyl (C=O) groups is 4. The fourth-order valence-electron chi connectivity index (χ4n) is 5.92. The van der Waals surface area contributed by atoms with Gasteiger partial charge in [0, 0.05) is 13.1 Å². The molecule has 0 aromatic carbocycles. The molecule has 1 saturated carbocycles. The summed E-state index contributed by atoms with van der Waals surface area (Å²) in [6, 6.07) is -0.563. The van der Waals surface area contributed by atoms with Gasteiger partial charge >= 0.3 is 12.0 Å². The molecule has 0 aromatic heterocycles. The van der Waals surface area contributed by atoms with Crippen LogP contribution in [0.2, 0.25) is 0 Å². The van der Waals surface area contributed by atoms with E-state index in [0.29, 0.717) is 37.8 Å². The maximum Gasteiger partial charge on any atom is 0.326 e. The number of imide groups is 1. The molecule has 4 unspecified atom stereocenters. The smallest absolute Gasteiger partial charge is 0.326 e. The van der Waals surface area contributed by atoms with Crippen molar-refractivity contribution in [1.29, 1.82) is 0 Å². The molecule has 168 valence electrons. The third kappa shape index (κ3) is 4.78. The number of nitrogens with zero attached hydrogens (tertiary/aromatic N) is 2. The van der Waals surface area contributed by atoms with E-state index in [1.54, 1.807) is 4.90 Å². The van der Waals surface area contributed by atoms with Crippen LogP contribution in [0, 0.1) is 23.2 Å². The Hall–Kier alpha value is -2.12. The molecule has 2 heterocycles. The highest BCUT2D eigenvalue weighted by atomic mass is 16.5. The van der Waals surface area contributed by atoms with Crippen molar-refractivity contribution in [3.05, 3.63) is 0 Å². The second-order valence-corrected chi connectivity index (χ2v) is 10.7.